The topological polar surface area (TPSA) is 86.7 Å². The molecule has 0 unspecified atom stereocenters. The van der Waals surface area contributed by atoms with Gasteiger partial charge in [-0.3, -0.25) is 9.59 Å². The van der Waals surface area contributed by atoms with Crippen molar-refractivity contribution in [1.29, 1.82) is 0 Å². The Kier molecular flexibility index (Phi) is 14.7. The van der Waals surface area contributed by atoms with Gasteiger partial charge in [-0.25, -0.2) is 9.59 Å². The quantitative estimate of drug-likeness (QED) is 0.162. The summed E-state index contributed by atoms with van der Waals surface area (Å²) in [6.07, 6.45) is 12.5. The highest BCUT2D eigenvalue weighted by Crippen LogP contribution is 2.15. The van der Waals surface area contributed by atoms with E-state index in [2.05, 4.69) is 13.8 Å². The van der Waals surface area contributed by atoms with Crippen molar-refractivity contribution in [3.63, 3.8) is 0 Å². The molecular weight excluding hydrogens is 408 g/mol. The van der Waals surface area contributed by atoms with Gasteiger partial charge in [0.1, 0.15) is 0 Å². The number of esters is 4. The van der Waals surface area contributed by atoms with Crippen molar-refractivity contribution in [2.45, 2.75) is 104 Å². The fourth-order valence-electron chi connectivity index (χ4n) is 3.36. The van der Waals surface area contributed by atoms with E-state index in [0.717, 1.165) is 51.4 Å². The monoisotopic (exact) mass is 446 g/mol. The van der Waals surface area contributed by atoms with Gasteiger partial charge >= 0.3 is 23.9 Å². The summed E-state index contributed by atoms with van der Waals surface area (Å²) in [4.78, 5) is 48.8. The molecule has 0 saturated carbocycles. The second-order valence-corrected chi connectivity index (χ2v) is 8.10. The van der Waals surface area contributed by atoms with Crippen LogP contribution in [0.15, 0.2) is 24.3 Å². The molecule has 1 aromatic rings. The second kappa shape index (κ2) is 17.1. The van der Waals surface area contributed by atoms with Crippen LogP contribution in [0.2, 0.25) is 0 Å². The molecule has 0 heterocycles. The van der Waals surface area contributed by atoms with Crippen molar-refractivity contribution in [2.24, 2.45) is 0 Å². The maximum Gasteiger partial charge on any atom is 0.346 e. The second-order valence-electron chi connectivity index (χ2n) is 8.10. The summed E-state index contributed by atoms with van der Waals surface area (Å²) in [5.74, 6) is -3.05. The van der Waals surface area contributed by atoms with Crippen LogP contribution in [0, 0.1) is 0 Å². The van der Waals surface area contributed by atoms with Gasteiger partial charge in [0.25, 0.3) is 0 Å². The first kappa shape index (κ1) is 27.5. The van der Waals surface area contributed by atoms with Crippen molar-refractivity contribution in [2.75, 3.05) is 0 Å². The van der Waals surface area contributed by atoms with E-state index in [1.54, 1.807) is 12.1 Å². The largest absolute Gasteiger partial charge is 0.389 e. The first-order valence-electron chi connectivity index (χ1n) is 12.1. The lowest BCUT2D eigenvalue weighted by atomic mass is 10.1. The van der Waals surface area contributed by atoms with Crippen LogP contribution in [0.3, 0.4) is 0 Å². The van der Waals surface area contributed by atoms with Crippen LogP contribution in [0.5, 0.6) is 0 Å². The number of benzene rings is 1. The third-order valence-electron chi connectivity index (χ3n) is 5.25. The van der Waals surface area contributed by atoms with Crippen LogP contribution >= 0.6 is 0 Å². The summed E-state index contributed by atoms with van der Waals surface area (Å²) in [5.41, 5.74) is -0.165. The zero-order valence-corrected chi connectivity index (χ0v) is 19.7. The van der Waals surface area contributed by atoms with Gasteiger partial charge in [-0.1, -0.05) is 90.2 Å². The van der Waals surface area contributed by atoms with E-state index in [-0.39, 0.29) is 24.0 Å². The molecule has 178 valence electrons. The highest BCUT2D eigenvalue weighted by atomic mass is 16.6. The number of carbonyl (C=O) groups is 4. The third kappa shape index (κ3) is 11.8. The summed E-state index contributed by atoms with van der Waals surface area (Å²) in [6, 6.07) is 5.89. The van der Waals surface area contributed by atoms with E-state index in [1.807, 2.05) is 0 Å². The van der Waals surface area contributed by atoms with E-state index in [1.165, 1.54) is 25.0 Å². The van der Waals surface area contributed by atoms with Crippen molar-refractivity contribution in [3.05, 3.63) is 35.4 Å². The minimum absolute atomic E-state index is 0.0823. The SMILES string of the molecule is CCCCCCCCC(=O)OC(=O)c1ccccc1C(=O)OC(=O)CCCCCCCC. The number of hydrogen-bond acceptors (Lipinski definition) is 6. The zero-order chi connectivity index (χ0) is 23.6. The van der Waals surface area contributed by atoms with Crippen molar-refractivity contribution in [3.8, 4) is 0 Å². The predicted octanol–water partition coefficient (Wildman–Crippen LogP) is 6.55. The van der Waals surface area contributed by atoms with Gasteiger partial charge in [0.2, 0.25) is 0 Å². The average Bonchev–Trinajstić information content (AvgIpc) is 2.78. The van der Waals surface area contributed by atoms with Crippen LogP contribution in [0.25, 0.3) is 0 Å². The maximum absolute atomic E-state index is 12.4. The summed E-state index contributed by atoms with van der Waals surface area (Å²) in [5, 5.41) is 0. The summed E-state index contributed by atoms with van der Waals surface area (Å²) < 4.78 is 9.80. The van der Waals surface area contributed by atoms with Gasteiger partial charge in [-0.15, -0.1) is 0 Å². The van der Waals surface area contributed by atoms with Gasteiger partial charge in [-0.2, -0.15) is 0 Å². The van der Waals surface area contributed by atoms with Crippen LogP contribution in [-0.2, 0) is 19.1 Å². The molecule has 0 aromatic heterocycles. The summed E-state index contributed by atoms with van der Waals surface area (Å²) in [6.45, 7) is 4.28. The molecule has 0 amide bonds. The van der Waals surface area contributed by atoms with Gasteiger partial charge < -0.3 is 9.47 Å². The molecule has 1 rings (SSSR count). The molecule has 0 spiro atoms. The highest BCUT2D eigenvalue weighted by molar-refractivity contribution is 6.07. The molecule has 0 aliphatic rings. The molecule has 0 saturated heterocycles. The predicted molar refractivity (Wildman–Crippen MR) is 123 cm³/mol. The number of unbranched alkanes of at least 4 members (excludes halogenated alkanes) is 10. The lowest BCUT2D eigenvalue weighted by Crippen LogP contribution is -2.19. The summed E-state index contributed by atoms with van der Waals surface area (Å²) >= 11 is 0. The minimum atomic E-state index is -0.906. The first-order valence-corrected chi connectivity index (χ1v) is 12.1. The Labute approximate surface area is 192 Å². The highest BCUT2D eigenvalue weighted by Gasteiger charge is 2.22. The van der Waals surface area contributed by atoms with E-state index in [4.69, 9.17) is 9.47 Å². The van der Waals surface area contributed by atoms with Crippen molar-refractivity contribution in [1.82, 2.24) is 0 Å². The number of hydrogen-bond donors (Lipinski definition) is 0. The smallest absolute Gasteiger partial charge is 0.346 e. The lowest BCUT2D eigenvalue weighted by molar-refractivity contribution is -0.139. The van der Waals surface area contributed by atoms with E-state index in [0.29, 0.717) is 12.8 Å². The molecule has 0 fully saturated rings. The number of ether oxygens (including phenoxy) is 2. The Hall–Kier alpha value is -2.50. The van der Waals surface area contributed by atoms with E-state index < -0.39 is 23.9 Å². The van der Waals surface area contributed by atoms with E-state index >= 15 is 0 Å². The molecule has 0 atom stereocenters. The van der Waals surface area contributed by atoms with Crippen LogP contribution in [0.4, 0.5) is 0 Å². The van der Waals surface area contributed by atoms with Gasteiger partial charge in [0.15, 0.2) is 0 Å². The van der Waals surface area contributed by atoms with Crippen LogP contribution in [0.1, 0.15) is 124 Å². The van der Waals surface area contributed by atoms with Crippen molar-refractivity contribution >= 4 is 23.9 Å². The molecule has 0 N–H and O–H groups in total. The van der Waals surface area contributed by atoms with Gasteiger partial charge in [0, 0.05) is 12.8 Å². The third-order valence-corrected chi connectivity index (χ3v) is 5.25. The normalized spacial score (nSPS) is 10.6. The number of carbonyl (C=O) groups excluding carboxylic acids is 4. The Morgan fingerprint density at radius 3 is 1.28 bits per heavy atom. The fourth-order valence-corrected chi connectivity index (χ4v) is 3.36. The molecule has 6 heteroatoms. The molecular formula is C26H38O6. The first-order chi connectivity index (χ1) is 15.5. The summed E-state index contributed by atoms with van der Waals surface area (Å²) in [7, 11) is 0. The van der Waals surface area contributed by atoms with Gasteiger partial charge in [0.05, 0.1) is 11.1 Å². The molecule has 32 heavy (non-hydrogen) atoms. The molecule has 1 aromatic carbocycles. The van der Waals surface area contributed by atoms with E-state index in [9.17, 15) is 19.2 Å². The van der Waals surface area contributed by atoms with Crippen LogP contribution in [-0.4, -0.2) is 23.9 Å². The maximum atomic E-state index is 12.4. The molecule has 0 bridgehead atoms. The molecule has 6 nitrogen and oxygen atoms in total. The minimum Gasteiger partial charge on any atom is -0.389 e. The Balaban J connectivity index is 2.48. The number of rotatable bonds is 16. The molecule has 0 radical (unpaired) electrons. The Morgan fingerprint density at radius 1 is 0.562 bits per heavy atom. The van der Waals surface area contributed by atoms with Gasteiger partial charge in [-0.05, 0) is 25.0 Å². The standard InChI is InChI=1S/C26H38O6/c1-3-5-7-9-11-13-19-23(27)31-25(29)21-17-15-16-18-22(21)26(30)32-24(28)20-14-12-10-8-6-4-2/h15-18H,3-14,19-20H2,1-2H3. The van der Waals surface area contributed by atoms with Crippen molar-refractivity contribution < 1.29 is 28.7 Å². The van der Waals surface area contributed by atoms with Crippen LogP contribution < -0.4 is 0 Å². The fraction of sp³-hybridized carbons (Fsp3) is 0.615. The Morgan fingerprint density at radius 2 is 0.906 bits per heavy atom. The Bertz CT molecular complexity index is 664. The zero-order valence-electron chi connectivity index (χ0n) is 19.7. The average molecular weight is 447 g/mol. The molecule has 0 aliphatic carbocycles. The lowest BCUT2D eigenvalue weighted by Gasteiger charge is -2.08. The molecule has 0 aliphatic heterocycles.